The third kappa shape index (κ3) is 10.3. The number of carbonyl (C=O) groups is 4. The van der Waals surface area contributed by atoms with Crippen molar-refractivity contribution in [2.24, 2.45) is 5.92 Å². The zero-order valence-corrected chi connectivity index (χ0v) is 22.9. The van der Waals surface area contributed by atoms with Crippen LogP contribution in [-0.4, -0.2) is 82.6 Å². The number of thioether (sulfide) groups is 1. The first-order valence-corrected chi connectivity index (χ1v) is 15.8. The molecule has 12 heteroatoms. The number of ether oxygens (including phenoxy) is 1. The first-order valence-electron chi connectivity index (χ1n) is 11.9. The van der Waals surface area contributed by atoms with E-state index in [1.54, 1.807) is 28.6 Å². The molecule has 2 rings (SSSR count). The second-order valence-electron chi connectivity index (χ2n) is 8.71. The maximum absolute atomic E-state index is 13.3. The van der Waals surface area contributed by atoms with Crippen molar-refractivity contribution in [3.05, 3.63) is 12.2 Å². The summed E-state index contributed by atoms with van der Waals surface area (Å²) in [7, 11) is 3.05. The Morgan fingerprint density at radius 1 is 1.14 bits per heavy atom. The lowest BCUT2D eigenvalue weighted by molar-refractivity contribution is -0.151. The minimum atomic E-state index is -1.18. The molecule has 6 unspecified atom stereocenters. The number of aliphatic hydroxyl groups excluding tert-OH is 1. The van der Waals surface area contributed by atoms with Gasteiger partial charge in [0.05, 0.1) is 25.0 Å². The average Bonchev–Trinajstić information content (AvgIpc) is 2.81. The van der Waals surface area contributed by atoms with Crippen LogP contribution in [0.25, 0.3) is 0 Å². The number of carbonyl (C=O) groups excluding carboxylic acids is 4. The van der Waals surface area contributed by atoms with Crippen LogP contribution < -0.4 is 16.0 Å². The molecular formula is C23H37N3O6S3. The highest BCUT2D eigenvalue weighted by atomic mass is 33.1. The molecule has 4 N–H and O–H groups in total. The number of aliphatic hydroxyl groups is 1. The van der Waals surface area contributed by atoms with Gasteiger partial charge in [-0.15, -0.1) is 0 Å². The Hall–Kier alpha value is -1.37. The molecular weight excluding hydrogens is 510 g/mol. The van der Waals surface area contributed by atoms with Crippen LogP contribution in [-0.2, 0) is 23.9 Å². The van der Waals surface area contributed by atoms with Crippen LogP contribution in [0.15, 0.2) is 12.2 Å². The number of allylic oxidation sites excluding steroid dienone is 1. The van der Waals surface area contributed by atoms with E-state index in [-0.39, 0.29) is 18.8 Å². The van der Waals surface area contributed by atoms with Gasteiger partial charge in [0, 0.05) is 11.5 Å². The minimum absolute atomic E-state index is 0.122. The van der Waals surface area contributed by atoms with Gasteiger partial charge < -0.3 is 25.8 Å². The molecule has 0 aromatic rings. The van der Waals surface area contributed by atoms with Crippen molar-refractivity contribution < 1.29 is 29.0 Å². The number of rotatable bonds is 5. The molecule has 0 saturated carbocycles. The predicted molar refractivity (Wildman–Crippen MR) is 142 cm³/mol. The fourth-order valence-electron chi connectivity index (χ4n) is 3.74. The molecule has 0 spiro atoms. The van der Waals surface area contributed by atoms with Crippen LogP contribution in [0, 0.1) is 5.92 Å². The van der Waals surface area contributed by atoms with E-state index in [0.29, 0.717) is 30.8 Å². The second-order valence-corrected chi connectivity index (χ2v) is 12.3. The molecule has 0 aliphatic carbocycles. The fraction of sp³-hybridized carbons (Fsp3) is 0.739. The standard InChI is InChI=1S/C23H37N3O6S3/c1-4-14(2)21-18(27)12-20(29)32-15-7-5-6-9-34-35-13-17(23(31)26-21)25-22(30)16(8-10-33-3)24-19(28)11-15/h5,7,14-18,21,27H,4,6,8-13H2,1-3H3,(H,24,28)(H,25,30)(H,26,31). The van der Waals surface area contributed by atoms with Crippen LogP contribution in [0.4, 0.5) is 0 Å². The highest BCUT2D eigenvalue weighted by Crippen LogP contribution is 2.24. The van der Waals surface area contributed by atoms with Crippen molar-refractivity contribution in [3.8, 4) is 0 Å². The smallest absolute Gasteiger partial charge is 0.309 e. The molecule has 3 amide bonds. The van der Waals surface area contributed by atoms with E-state index in [1.165, 1.54) is 10.8 Å². The molecule has 1 saturated heterocycles. The van der Waals surface area contributed by atoms with Crippen LogP contribution in [0.2, 0.25) is 0 Å². The summed E-state index contributed by atoms with van der Waals surface area (Å²) in [6.45, 7) is 3.82. The number of hydrogen-bond acceptors (Lipinski definition) is 9. The van der Waals surface area contributed by atoms with Crippen molar-refractivity contribution >= 4 is 57.0 Å². The van der Waals surface area contributed by atoms with Crippen LogP contribution >= 0.6 is 33.3 Å². The van der Waals surface area contributed by atoms with Gasteiger partial charge in [-0.05, 0) is 36.8 Å². The van der Waals surface area contributed by atoms with Gasteiger partial charge in [-0.1, -0.05) is 47.9 Å². The number of fused-ring (bicyclic) bond motifs is 7. The second kappa shape index (κ2) is 15.7. The van der Waals surface area contributed by atoms with Gasteiger partial charge in [0.1, 0.15) is 18.2 Å². The summed E-state index contributed by atoms with van der Waals surface area (Å²) in [6.07, 6.45) is 4.75. The topological polar surface area (TPSA) is 134 Å². The first-order chi connectivity index (χ1) is 16.7. The lowest BCUT2D eigenvalue weighted by atomic mass is 9.92. The van der Waals surface area contributed by atoms with Crippen molar-refractivity contribution in [2.45, 2.75) is 76.3 Å². The zero-order chi connectivity index (χ0) is 25.8. The summed E-state index contributed by atoms with van der Waals surface area (Å²) in [5, 5.41) is 19.3. The Morgan fingerprint density at radius 2 is 1.91 bits per heavy atom. The average molecular weight is 548 g/mol. The van der Waals surface area contributed by atoms with Gasteiger partial charge in [0.2, 0.25) is 17.7 Å². The normalized spacial score (nSPS) is 30.6. The highest BCUT2D eigenvalue weighted by molar-refractivity contribution is 8.76. The van der Waals surface area contributed by atoms with E-state index in [2.05, 4.69) is 16.0 Å². The molecule has 1 fully saturated rings. The van der Waals surface area contributed by atoms with Crippen molar-refractivity contribution in [1.82, 2.24) is 16.0 Å². The maximum atomic E-state index is 13.3. The SMILES string of the molecule is CCC(C)C1NC(=O)C2CSSCCC=CC(CC(=O)NC(CCSC)C(=O)N2)OC(=O)CC1O. The summed E-state index contributed by atoms with van der Waals surface area (Å²) in [5.41, 5.74) is 0. The largest absolute Gasteiger partial charge is 0.457 e. The molecule has 9 nitrogen and oxygen atoms in total. The van der Waals surface area contributed by atoms with E-state index in [4.69, 9.17) is 4.74 Å². The Kier molecular flexibility index (Phi) is 13.4. The van der Waals surface area contributed by atoms with Crippen molar-refractivity contribution in [1.29, 1.82) is 0 Å². The molecule has 35 heavy (non-hydrogen) atoms. The lowest BCUT2D eigenvalue weighted by Gasteiger charge is -2.31. The molecule has 2 aliphatic heterocycles. The Balaban J connectivity index is 2.46. The van der Waals surface area contributed by atoms with Crippen LogP contribution in [0.5, 0.6) is 0 Å². The minimum Gasteiger partial charge on any atom is -0.457 e. The number of esters is 1. The summed E-state index contributed by atoms with van der Waals surface area (Å²) in [4.78, 5) is 51.9. The lowest BCUT2D eigenvalue weighted by Crippen LogP contribution is -2.58. The molecule has 0 radical (unpaired) electrons. The van der Waals surface area contributed by atoms with Gasteiger partial charge in [-0.25, -0.2) is 0 Å². The van der Waals surface area contributed by atoms with Crippen molar-refractivity contribution in [3.63, 3.8) is 0 Å². The quantitative estimate of drug-likeness (QED) is 0.230. The molecule has 6 atom stereocenters. The molecule has 2 bridgehead atoms. The fourth-order valence-corrected chi connectivity index (χ4v) is 6.36. The maximum Gasteiger partial charge on any atom is 0.309 e. The van der Waals surface area contributed by atoms with Crippen molar-refractivity contribution in [2.75, 3.05) is 23.5 Å². The molecule has 2 heterocycles. The van der Waals surface area contributed by atoms with E-state index in [0.717, 1.165) is 5.75 Å². The third-order valence-electron chi connectivity index (χ3n) is 5.96. The number of hydrogen-bond donors (Lipinski definition) is 4. The monoisotopic (exact) mass is 547 g/mol. The number of nitrogens with one attached hydrogen (secondary N) is 3. The van der Waals surface area contributed by atoms with E-state index >= 15 is 0 Å². The van der Waals surface area contributed by atoms with Gasteiger partial charge in [0.15, 0.2) is 0 Å². The summed E-state index contributed by atoms with van der Waals surface area (Å²) in [6, 6.07) is -2.39. The number of amides is 3. The molecule has 0 aromatic heterocycles. The molecule has 0 aromatic carbocycles. The Bertz CT molecular complexity index is 769. The van der Waals surface area contributed by atoms with E-state index in [1.807, 2.05) is 26.2 Å². The first kappa shape index (κ1) is 29.9. The third-order valence-corrected chi connectivity index (χ3v) is 9.05. The van der Waals surface area contributed by atoms with Gasteiger partial charge in [0.25, 0.3) is 0 Å². The highest BCUT2D eigenvalue weighted by Gasteiger charge is 2.34. The van der Waals surface area contributed by atoms with E-state index in [9.17, 15) is 24.3 Å². The van der Waals surface area contributed by atoms with Crippen LogP contribution in [0.3, 0.4) is 0 Å². The predicted octanol–water partition coefficient (Wildman–Crippen LogP) is 1.65. The van der Waals surface area contributed by atoms with E-state index < -0.39 is 54.0 Å². The zero-order valence-electron chi connectivity index (χ0n) is 20.5. The summed E-state index contributed by atoms with van der Waals surface area (Å²) in [5.74, 6) is -0.362. The van der Waals surface area contributed by atoms with Gasteiger partial charge >= 0.3 is 5.97 Å². The molecule has 198 valence electrons. The summed E-state index contributed by atoms with van der Waals surface area (Å²) < 4.78 is 5.54. The van der Waals surface area contributed by atoms with Crippen LogP contribution in [0.1, 0.15) is 46.0 Å². The molecule has 2 aliphatic rings. The van der Waals surface area contributed by atoms with Gasteiger partial charge in [-0.3, -0.25) is 19.2 Å². The summed E-state index contributed by atoms with van der Waals surface area (Å²) >= 11 is 1.55. The Labute approximate surface area is 219 Å². The Morgan fingerprint density at radius 3 is 2.63 bits per heavy atom. The van der Waals surface area contributed by atoms with Gasteiger partial charge in [-0.2, -0.15) is 11.8 Å².